The van der Waals surface area contributed by atoms with Gasteiger partial charge in [0.25, 0.3) is 0 Å². The molecular formula is C5H7ClN4. The molecule has 0 fully saturated rings. The van der Waals surface area contributed by atoms with E-state index in [4.69, 9.17) is 11.1 Å². The van der Waals surface area contributed by atoms with Gasteiger partial charge in [0.2, 0.25) is 0 Å². The zero-order chi connectivity index (χ0) is 6.69. The maximum atomic E-state index is 6.95. The van der Waals surface area contributed by atoms with Crippen molar-refractivity contribution in [3.05, 3.63) is 24.0 Å². The largest absolute Gasteiger partial charge is 0.384 e. The Labute approximate surface area is 64.4 Å². The van der Waals surface area contributed by atoms with Crippen molar-refractivity contribution in [2.24, 2.45) is 5.73 Å². The Morgan fingerprint density at radius 1 is 1.50 bits per heavy atom. The molecule has 0 spiro atoms. The molecule has 10 heavy (non-hydrogen) atoms. The van der Waals surface area contributed by atoms with Gasteiger partial charge >= 0.3 is 0 Å². The van der Waals surface area contributed by atoms with Crippen LogP contribution in [0.2, 0.25) is 0 Å². The molecule has 0 amide bonds. The lowest BCUT2D eigenvalue weighted by atomic mass is 10.3. The Bertz CT molecular complexity index is 210. The van der Waals surface area contributed by atoms with Crippen LogP contribution in [0.5, 0.6) is 0 Å². The first-order valence-electron chi connectivity index (χ1n) is 2.42. The van der Waals surface area contributed by atoms with Crippen molar-refractivity contribution in [2.75, 3.05) is 0 Å². The van der Waals surface area contributed by atoms with E-state index in [1.165, 1.54) is 12.4 Å². The number of nitrogens with zero attached hydrogens (tertiary/aromatic N) is 2. The summed E-state index contributed by atoms with van der Waals surface area (Å²) in [6.07, 6.45) is 2.94. The van der Waals surface area contributed by atoms with Crippen LogP contribution in [-0.2, 0) is 0 Å². The van der Waals surface area contributed by atoms with Crippen LogP contribution >= 0.6 is 12.4 Å². The molecule has 3 N–H and O–H groups in total. The zero-order valence-corrected chi connectivity index (χ0v) is 5.93. The van der Waals surface area contributed by atoms with E-state index >= 15 is 0 Å². The van der Waals surface area contributed by atoms with Gasteiger partial charge in [-0.15, -0.1) is 12.4 Å². The van der Waals surface area contributed by atoms with Crippen molar-refractivity contribution in [1.82, 2.24) is 10.2 Å². The smallest absolute Gasteiger partial charge is 0.124 e. The number of nitrogen functional groups attached to an aromatic ring is 1. The van der Waals surface area contributed by atoms with Crippen molar-refractivity contribution in [3.63, 3.8) is 0 Å². The van der Waals surface area contributed by atoms with Crippen molar-refractivity contribution in [2.45, 2.75) is 0 Å². The summed E-state index contributed by atoms with van der Waals surface area (Å²) in [7, 11) is 0. The molecule has 0 saturated carbocycles. The standard InChI is InChI=1S/C5H6N4.ClH/c6-5(7)4-1-2-8-9-3-4;/h1-3H,(H3,6,7);1H. The molecule has 0 atom stereocenters. The number of nitrogens with two attached hydrogens (primary N) is 1. The minimum absolute atomic E-state index is 0. The monoisotopic (exact) mass is 158 g/mol. The third-order valence-corrected chi connectivity index (χ3v) is 0.895. The van der Waals surface area contributed by atoms with Crippen LogP contribution < -0.4 is 5.73 Å². The molecule has 1 aromatic rings. The van der Waals surface area contributed by atoms with E-state index in [2.05, 4.69) is 10.2 Å². The SMILES string of the molecule is Cl.N=C(N)c1ccnnc1. The Morgan fingerprint density at radius 2 is 2.20 bits per heavy atom. The first-order valence-corrected chi connectivity index (χ1v) is 2.42. The summed E-state index contributed by atoms with van der Waals surface area (Å²) in [4.78, 5) is 0. The molecule has 0 unspecified atom stereocenters. The van der Waals surface area contributed by atoms with Gasteiger partial charge in [-0.05, 0) is 6.07 Å². The Morgan fingerprint density at radius 3 is 2.50 bits per heavy atom. The van der Waals surface area contributed by atoms with Gasteiger partial charge in [-0.25, -0.2) is 0 Å². The van der Waals surface area contributed by atoms with Gasteiger partial charge < -0.3 is 5.73 Å². The highest BCUT2D eigenvalue weighted by atomic mass is 35.5. The minimum Gasteiger partial charge on any atom is -0.384 e. The third-order valence-electron chi connectivity index (χ3n) is 0.895. The molecule has 0 bridgehead atoms. The second kappa shape index (κ2) is 3.79. The second-order valence-corrected chi connectivity index (χ2v) is 1.54. The van der Waals surface area contributed by atoms with Crippen molar-refractivity contribution >= 4 is 18.2 Å². The number of amidine groups is 1. The molecule has 54 valence electrons. The zero-order valence-electron chi connectivity index (χ0n) is 5.11. The molecule has 5 heteroatoms. The molecule has 0 aliphatic rings. The van der Waals surface area contributed by atoms with E-state index in [9.17, 15) is 0 Å². The number of rotatable bonds is 1. The van der Waals surface area contributed by atoms with E-state index in [0.717, 1.165) is 0 Å². The lowest BCUT2D eigenvalue weighted by molar-refractivity contribution is 1.02. The van der Waals surface area contributed by atoms with Crippen LogP contribution in [0.4, 0.5) is 0 Å². The highest BCUT2D eigenvalue weighted by Gasteiger charge is 1.91. The number of hydrogen-bond acceptors (Lipinski definition) is 3. The lowest BCUT2D eigenvalue weighted by Gasteiger charge is -1.91. The summed E-state index contributed by atoms with van der Waals surface area (Å²) in [6.45, 7) is 0. The highest BCUT2D eigenvalue weighted by molar-refractivity contribution is 5.94. The van der Waals surface area contributed by atoms with Crippen LogP contribution in [0.1, 0.15) is 5.56 Å². The topological polar surface area (TPSA) is 75.7 Å². The van der Waals surface area contributed by atoms with E-state index in [-0.39, 0.29) is 18.2 Å². The molecule has 0 aliphatic heterocycles. The Kier molecular flexibility index (Phi) is 3.35. The normalized spacial score (nSPS) is 8.00. The van der Waals surface area contributed by atoms with Gasteiger partial charge in [0.15, 0.2) is 0 Å². The van der Waals surface area contributed by atoms with E-state index < -0.39 is 0 Å². The number of nitrogens with one attached hydrogen (secondary N) is 1. The predicted molar refractivity (Wildman–Crippen MR) is 40.3 cm³/mol. The van der Waals surface area contributed by atoms with Crippen molar-refractivity contribution in [3.8, 4) is 0 Å². The molecule has 1 rings (SSSR count). The average Bonchev–Trinajstić information content (AvgIpc) is 1.90. The summed E-state index contributed by atoms with van der Waals surface area (Å²) < 4.78 is 0. The van der Waals surface area contributed by atoms with Crippen LogP contribution in [0.15, 0.2) is 18.5 Å². The van der Waals surface area contributed by atoms with Gasteiger partial charge in [0.1, 0.15) is 5.84 Å². The molecule has 4 nitrogen and oxygen atoms in total. The molecule has 0 aromatic carbocycles. The molecule has 1 heterocycles. The molecule has 0 radical (unpaired) electrons. The van der Waals surface area contributed by atoms with Crippen molar-refractivity contribution in [1.29, 1.82) is 5.41 Å². The predicted octanol–water partition coefficient (Wildman–Crippen LogP) is 0.182. The first-order chi connectivity index (χ1) is 4.30. The fraction of sp³-hybridized carbons (Fsp3) is 0. The summed E-state index contributed by atoms with van der Waals surface area (Å²) >= 11 is 0. The molecular weight excluding hydrogens is 152 g/mol. The van der Waals surface area contributed by atoms with Crippen LogP contribution in [0.3, 0.4) is 0 Å². The number of aromatic nitrogens is 2. The second-order valence-electron chi connectivity index (χ2n) is 1.54. The molecule has 1 aromatic heterocycles. The Hall–Kier alpha value is -1.16. The molecule has 0 aliphatic carbocycles. The fourth-order valence-corrected chi connectivity index (χ4v) is 0.450. The number of hydrogen-bond donors (Lipinski definition) is 2. The average molecular weight is 159 g/mol. The quantitative estimate of drug-likeness (QED) is 0.452. The minimum atomic E-state index is 0. The van der Waals surface area contributed by atoms with Gasteiger partial charge in [-0.2, -0.15) is 10.2 Å². The number of halogens is 1. The molecule has 0 saturated heterocycles. The van der Waals surface area contributed by atoms with E-state index in [0.29, 0.717) is 5.56 Å². The maximum absolute atomic E-state index is 6.95. The Balaban J connectivity index is 0.000000810. The van der Waals surface area contributed by atoms with Gasteiger partial charge in [-0.3, -0.25) is 5.41 Å². The van der Waals surface area contributed by atoms with Crippen LogP contribution in [0, 0.1) is 5.41 Å². The van der Waals surface area contributed by atoms with Gasteiger partial charge in [-0.1, -0.05) is 0 Å². The van der Waals surface area contributed by atoms with E-state index in [1.54, 1.807) is 6.07 Å². The van der Waals surface area contributed by atoms with Crippen LogP contribution in [-0.4, -0.2) is 16.0 Å². The van der Waals surface area contributed by atoms with Crippen molar-refractivity contribution < 1.29 is 0 Å². The van der Waals surface area contributed by atoms with E-state index in [1.807, 2.05) is 0 Å². The summed E-state index contributed by atoms with van der Waals surface area (Å²) in [5.41, 5.74) is 5.73. The van der Waals surface area contributed by atoms with Gasteiger partial charge in [0, 0.05) is 5.56 Å². The summed E-state index contributed by atoms with van der Waals surface area (Å²) in [5, 5.41) is 14.0. The maximum Gasteiger partial charge on any atom is 0.124 e. The first kappa shape index (κ1) is 8.84. The fourth-order valence-electron chi connectivity index (χ4n) is 0.450. The highest BCUT2D eigenvalue weighted by Crippen LogP contribution is 1.89. The summed E-state index contributed by atoms with van der Waals surface area (Å²) in [6, 6.07) is 1.63. The third kappa shape index (κ3) is 1.99. The lowest BCUT2D eigenvalue weighted by Crippen LogP contribution is -2.11. The summed E-state index contributed by atoms with van der Waals surface area (Å²) in [5.74, 6) is 0.0184. The van der Waals surface area contributed by atoms with Crippen LogP contribution in [0.25, 0.3) is 0 Å². The van der Waals surface area contributed by atoms with Gasteiger partial charge in [0.05, 0.1) is 12.4 Å².